The molecule has 1 aliphatic heterocycles. The molecule has 0 spiro atoms. The molecule has 0 atom stereocenters. The molecule has 0 aromatic heterocycles. The van der Waals surface area contributed by atoms with Crippen LogP contribution in [0.3, 0.4) is 0 Å². The van der Waals surface area contributed by atoms with Crippen LogP contribution in [0.15, 0.2) is 0 Å². The van der Waals surface area contributed by atoms with Crippen molar-refractivity contribution >= 4 is 0 Å². The lowest BCUT2D eigenvalue weighted by Crippen LogP contribution is -2.47. The van der Waals surface area contributed by atoms with Crippen LogP contribution in [0.25, 0.3) is 0 Å². The number of piperidine rings is 1. The van der Waals surface area contributed by atoms with Crippen LogP contribution in [0, 0.1) is 11.3 Å². The third-order valence-corrected chi connectivity index (χ3v) is 3.63. The van der Waals surface area contributed by atoms with E-state index in [0.29, 0.717) is 5.41 Å². The minimum absolute atomic E-state index is 0.230. The maximum atomic E-state index is 3.63. The average Bonchev–Trinajstić information content (AvgIpc) is 2.18. The zero-order chi connectivity index (χ0) is 13.1. The molecule has 0 saturated carbocycles. The number of nitrogens with zero attached hydrogens (tertiary/aromatic N) is 1. The monoisotopic (exact) mass is 240 g/mol. The fourth-order valence-electron chi connectivity index (χ4n) is 2.39. The summed E-state index contributed by atoms with van der Waals surface area (Å²) in [6.45, 7) is 18.8. The van der Waals surface area contributed by atoms with Gasteiger partial charge in [-0.25, -0.2) is 0 Å². The number of likely N-dealkylation sites (tertiary alicyclic amines) is 1. The molecule has 0 aromatic rings. The second-order valence-electron chi connectivity index (χ2n) is 7.73. The predicted octanol–water partition coefficient (Wildman–Crippen LogP) is 3.13. The van der Waals surface area contributed by atoms with E-state index in [9.17, 15) is 0 Å². The van der Waals surface area contributed by atoms with Crippen LogP contribution in [0.1, 0.15) is 54.4 Å². The van der Waals surface area contributed by atoms with E-state index < -0.39 is 0 Å². The standard InChI is InChI=1S/C15H32N2/c1-13-7-9-17(10-8-13)12-15(5,6)11-16-14(2,3)4/h13,16H,7-12H2,1-6H3. The van der Waals surface area contributed by atoms with Crippen molar-refractivity contribution < 1.29 is 0 Å². The largest absolute Gasteiger partial charge is 0.311 e. The Balaban J connectivity index is 2.33. The van der Waals surface area contributed by atoms with Gasteiger partial charge >= 0.3 is 0 Å². The van der Waals surface area contributed by atoms with Crippen LogP contribution in [0.2, 0.25) is 0 Å². The van der Waals surface area contributed by atoms with E-state index in [2.05, 4.69) is 51.8 Å². The molecular formula is C15H32N2. The molecule has 1 fully saturated rings. The summed E-state index contributed by atoms with van der Waals surface area (Å²) in [5.74, 6) is 0.932. The van der Waals surface area contributed by atoms with E-state index in [4.69, 9.17) is 0 Å². The molecule has 0 unspecified atom stereocenters. The highest BCUT2D eigenvalue weighted by Gasteiger charge is 2.25. The SMILES string of the molecule is CC1CCN(CC(C)(C)CNC(C)(C)C)CC1. The topological polar surface area (TPSA) is 15.3 Å². The van der Waals surface area contributed by atoms with Crippen LogP contribution in [-0.4, -0.2) is 36.6 Å². The van der Waals surface area contributed by atoms with Crippen molar-refractivity contribution in [3.05, 3.63) is 0 Å². The Kier molecular flexibility index (Phi) is 5.03. The molecule has 1 N–H and O–H groups in total. The van der Waals surface area contributed by atoms with E-state index in [1.54, 1.807) is 0 Å². The van der Waals surface area contributed by atoms with Crippen molar-refractivity contribution in [2.45, 2.75) is 59.9 Å². The maximum absolute atomic E-state index is 3.63. The highest BCUT2D eigenvalue weighted by atomic mass is 15.1. The molecular weight excluding hydrogens is 208 g/mol. The smallest absolute Gasteiger partial charge is 0.00967 e. The lowest BCUT2D eigenvalue weighted by molar-refractivity contribution is 0.126. The third-order valence-electron chi connectivity index (χ3n) is 3.63. The molecule has 17 heavy (non-hydrogen) atoms. The Labute approximate surface area is 108 Å². The molecule has 102 valence electrons. The summed E-state index contributed by atoms with van der Waals surface area (Å²) in [5, 5.41) is 3.63. The summed E-state index contributed by atoms with van der Waals surface area (Å²) in [6.07, 6.45) is 2.76. The van der Waals surface area contributed by atoms with Crippen molar-refractivity contribution in [2.75, 3.05) is 26.2 Å². The van der Waals surface area contributed by atoms with Gasteiger partial charge in [-0.1, -0.05) is 20.8 Å². The zero-order valence-corrected chi connectivity index (χ0v) is 12.8. The van der Waals surface area contributed by atoms with Gasteiger partial charge in [0.1, 0.15) is 0 Å². The van der Waals surface area contributed by atoms with Crippen molar-refractivity contribution in [1.82, 2.24) is 10.2 Å². The summed E-state index contributed by atoms with van der Waals surface area (Å²) >= 11 is 0. The van der Waals surface area contributed by atoms with Crippen molar-refractivity contribution in [2.24, 2.45) is 11.3 Å². The number of hydrogen-bond acceptors (Lipinski definition) is 2. The van der Waals surface area contributed by atoms with Gasteiger partial charge in [0.05, 0.1) is 0 Å². The molecule has 0 amide bonds. The molecule has 0 aliphatic carbocycles. The quantitative estimate of drug-likeness (QED) is 0.812. The summed E-state index contributed by atoms with van der Waals surface area (Å²) in [6, 6.07) is 0. The average molecular weight is 240 g/mol. The summed E-state index contributed by atoms with van der Waals surface area (Å²) in [5.41, 5.74) is 0.599. The minimum Gasteiger partial charge on any atom is -0.311 e. The summed E-state index contributed by atoms with van der Waals surface area (Å²) in [4.78, 5) is 2.64. The molecule has 2 heteroatoms. The Morgan fingerprint density at radius 2 is 1.59 bits per heavy atom. The molecule has 0 radical (unpaired) electrons. The number of rotatable bonds is 4. The van der Waals surface area contributed by atoms with E-state index in [1.807, 2.05) is 0 Å². The highest BCUT2D eigenvalue weighted by Crippen LogP contribution is 2.22. The second kappa shape index (κ2) is 5.71. The Hall–Kier alpha value is -0.0800. The van der Waals surface area contributed by atoms with Crippen molar-refractivity contribution in [3.8, 4) is 0 Å². The second-order valence-corrected chi connectivity index (χ2v) is 7.73. The van der Waals surface area contributed by atoms with E-state index in [0.717, 1.165) is 12.5 Å². The van der Waals surface area contributed by atoms with Gasteiger partial charge < -0.3 is 10.2 Å². The van der Waals surface area contributed by atoms with Crippen LogP contribution in [0.4, 0.5) is 0 Å². The normalized spacial score (nSPS) is 20.8. The predicted molar refractivity (Wildman–Crippen MR) is 76.4 cm³/mol. The lowest BCUT2D eigenvalue weighted by Gasteiger charge is -2.38. The van der Waals surface area contributed by atoms with E-state index in [-0.39, 0.29) is 5.54 Å². The fraction of sp³-hybridized carbons (Fsp3) is 1.00. The van der Waals surface area contributed by atoms with Gasteiger partial charge in [-0.05, 0) is 58.0 Å². The van der Waals surface area contributed by atoms with Gasteiger partial charge in [0.15, 0.2) is 0 Å². The number of nitrogens with one attached hydrogen (secondary N) is 1. The van der Waals surface area contributed by atoms with Crippen LogP contribution in [-0.2, 0) is 0 Å². The van der Waals surface area contributed by atoms with Gasteiger partial charge in [0.25, 0.3) is 0 Å². The van der Waals surface area contributed by atoms with Gasteiger partial charge in [-0.3, -0.25) is 0 Å². The first-order valence-electron chi connectivity index (χ1n) is 7.15. The molecule has 2 nitrogen and oxygen atoms in total. The minimum atomic E-state index is 0.230. The fourth-order valence-corrected chi connectivity index (χ4v) is 2.39. The van der Waals surface area contributed by atoms with Gasteiger partial charge in [-0.15, -0.1) is 0 Å². The van der Waals surface area contributed by atoms with Crippen LogP contribution in [0.5, 0.6) is 0 Å². The first-order chi connectivity index (χ1) is 7.68. The first kappa shape index (κ1) is 15.0. The lowest BCUT2D eigenvalue weighted by atomic mass is 9.89. The third kappa shape index (κ3) is 6.42. The van der Waals surface area contributed by atoms with Crippen LogP contribution < -0.4 is 5.32 Å². The molecule has 1 rings (SSSR count). The molecule has 0 bridgehead atoms. The molecule has 1 heterocycles. The molecule has 1 saturated heterocycles. The van der Waals surface area contributed by atoms with Gasteiger partial charge in [0, 0.05) is 18.6 Å². The Bertz CT molecular complexity index is 220. The Morgan fingerprint density at radius 1 is 1.06 bits per heavy atom. The number of hydrogen-bond donors (Lipinski definition) is 1. The van der Waals surface area contributed by atoms with Crippen LogP contribution >= 0.6 is 0 Å². The van der Waals surface area contributed by atoms with Gasteiger partial charge in [-0.2, -0.15) is 0 Å². The highest BCUT2D eigenvalue weighted by molar-refractivity contribution is 4.82. The molecule has 0 aromatic carbocycles. The van der Waals surface area contributed by atoms with Crippen molar-refractivity contribution in [1.29, 1.82) is 0 Å². The van der Waals surface area contributed by atoms with Crippen molar-refractivity contribution in [3.63, 3.8) is 0 Å². The zero-order valence-electron chi connectivity index (χ0n) is 12.8. The molecule has 1 aliphatic rings. The summed E-state index contributed by atoms with van der Waals surface area (Å²) < 4.78 is 0. The first-order valence-corrected chi connectivity index (χ1v) is 7.15. The van der Waals surface area contributed by atoms with E-state index >= 15 is 0 Å². The maximum Gasteiger partial charge on any atom is 0.00967 e. The summed E-state index contributed by atoms with van der Waals surface area (Å²) in [7, 11) is 0. The van der Waals surface area contributed by atoms with Gasteiger partial charge in [0.2, 0.25) is 0 Å². The Morgan fingerprint density at radius 3 is 2.06 bits per heavy atom. The van der Waals surface area contributed by atoms with E-state index in [1.165, 1.54) is 32.5 Å².